The number of aromatic nitrogens is 3. The van der Waals surface area contributed by atoms with Crippen molar-refractivity contribution in [2.75, 3.05) is 5.75 Å². The lowest BCUT2D eigenvalue weighted by atomic mass is 9.88. The summed E-state index contributed by atoms with van der Waals surface area (Å²) in [5.74, 6) is 0.301. The fourth-order valence-corrected chi connectivity index (χ4v) is 4.31. The van der Waals surface area contributed by atoms with Crippen molar-refractivity contribution in [3.05, 3.63) is 65.5 Å². The summed E-state index contributed by atoms with van der Waals surface area (Å²) in [5, 5.41) is 11.9. The molecule has 1 aromatic heterocycles. The molecule has 0 saturated heterocycles. The fourth-order valence-electron chi connectivity index (χ4n) is 3.59. The van der Waals surface area contributed by atoms with Crippen LogP contribution in [0, 0.1) is 5.82 Å². The Morgan fingerprint density at radius 3 is 2.86 bits per heavy atom. The van der Waals surface area contributed by atoms with E-state index in [2.05, 4.69) is 27.6 Å². The normalized spacial score (nSPS) is 15.9. The molecular formula is C21H21FN4OS. The Kier molecular flexibility index (Phi) is 5.43. The lowest BCUT2D eigenvalue weighted by Crippen LogP contribution is -2.32. The molecule has 2 aromatic carbocycles. The number of benzene rings is 2. The minimum absolute atomic E-state index is 0.0397. The van der Waals surface area contributed by atoms with Crippen LogP contribution in [-0.2, 0) is 18.3 Å². The van der Waals surface area contributed by atoms with E-state index >= 15 is 0 Å². The molecule has 0 spiro atoms. The van der Waals surface area contributed by atoms with Gasteiger partial charge in [-0.2, -0.15) is 0 Å². The van der Waals surface area contributed by atoms with Crippen LogP contribution in [0.3, 0.4) is 0 Å². The molecule has 4 rings (SSSR count). The largest absolute Gasteiger partial charge is 0.349 e. The van der Waals surface area contributed by atoms with E-state index in [9.17, 15) is 9.18 Å². The number of nitrogens with one attached hydrogen (secondary N) is 1. The van der Waals surface area contributed by atoms with Crippen LogP contribution in [0.1, 0.15) is 30.0 Å². The Labute approximate surface area is 167 Å². The molecule has 28 heavy (non-hydrogen) atoms. The summed E-state index contributed by atoms with van der Waals surface area (Å²) >= 11 is 1.30. The van der Waals surface area contributed by atoms with Crippen molar-refractivity contribution in [1.82, 2.24) is 20.1 Å². The number of carbonyl (C=O) groups is 1. The van der Waals surface area contributed by atoms with Crippen molar-refractivity contribution in [1.29, 1.82) is 0 Å². The number of rotatable bonds is 5. The Morgan fingerprint density at radius 2 is 2.00 bits per heavy atom. The fraction of sp³-hybridized carbons (Fsp3) is 0.286. The lowest BCUT2D eigenvalue weighted by molar-refractivity contribution is -0.119. The zero-order valence-electron chi connectivity index (χ0n) is 15.6. The van der Waals surface area contributed by atoms with Gasteiger partial charge in [0.25, 0.3) is 0 Å². The van der Waals surface area contributed by atoms with Crippen molar-refractivity contribution in [2.45, 2.75) is 30.5 Å². The van der Waals surface area contributed by atoms with E-state index < -0.39 is 0 Å². The van der Waals surface area contributed by atoms with Crippen LogP contribution < -0.4 is 5.32 Å². The first kappa shape index (κ1) is 18.7. The molecule has 1 aliphatic carbocycles. The molecular weight excluding hydrogens is 375 g/mol. The summed E-state index contributed by atoms with van der Waals surface area (Å²) < 4.78 is 15.7. The van der Waals surface area contributed by atoms with Crippen molar-refractivity contribution >= 4 is 17.7 Å². The van der Waals surface area contributed by atoms with Crippen LogP contribution in [0.25, 0.3) is 11.4 Å². The maximum Gasteiger partial charge on any atom is 0.230 e. The number of aryl methyl sites for hydroxylation is 1. The summed E-state index contributed by atoms with van der Waals surface area (Å²) in [6.45, 7) is 0. The average Bonchev–Trinajstić information content (AvgIpc) is 3.07. The first-order valence-corrected chi connectivity index (χ1v) is 10.3. The predicted octanol–water partition coefficient (Wildman–Crippen LogP) is 3.91. The molecule has 1 N–H and O–H groups in total. The molecule has 1 amide bonds. The van der Waals surface area contributed by atoms with Crippen molar-refractivity contribution < 1.29 is 9.18 Å². The van der Waals surface area contributed by atoms with Gasteiger partial charge in [-0.15, -0.1) is 10.2 Å². The van der Waals surface area contributed by atoms with Crippen LogP contribution in [0.5, 0.6) is 0 Å². The van der Waals surface area contributed by atoms with E-state index in [0.29, 0.717) is 16.5 Å². The van der Waals surface area contributed by atoms with E-state index in [0.717, 1.165) is 19.3 Å². The Bertz CT molecular complexity index is 1000. The smallest absolute Gasteiger partial charge is 0.230 e. The monoisotopic (exact) mass is 396 g/mol. The summed E-state index contributed by atoms with van der Waals surface area (Å²) in [6, 6.07) is 14.8. The van der Waals surface area contributed by atoms with Gasteiger partial charge in [0.15, 0.2) is 11.0 Å². The van der Waals surface area contributed by atoms with Gasteiger partial charge >= 0.3 is 0 Å². The molecule has 144 valence electrons. The topological polar surface area (TPSA) is 59.8 Å². The van der Waals surface area contributed by atoms with E-state index in [1.165, 1.54) is 29.0 Å². The molecule has 0 radical (unpaired) electrons. The lowest BCUT2D eigenvalue weighted by Gasteiger charge is -2.26. The van der Waals surface area contributed by atoms with E-state index in [1.807, 2.05) is 12.1 Å². The number of fused-ring (bicyclic) bond motifs is 1. The minimum atomic E-state index is -0.344. The van der Waals surface area contributed by atoms with Crippen LogP contribution in [-0.4, -0.2) is 26.4 Å². The number of amides is 1. The third-order valence-electron chi connectivity index (χ3n) is 4.99. The predicted molar refractivity (Wildman–Crippen MR) is 107 cm³/mol. The van der Waals surface area contributed by atoms with E-state index in [-0.39, 0.29) is 23.5 Å². The molecule has 0 bridgehead atoms. The molecule has 0 fully saturated rings. The summed E-state index contributed by atoms with van der Waals surface area (Å²) in [4.78, 5) is 12.5. The zero-order chi connectivity index (χ0) is 19.5. The van der Waals surface area contributed by atoms with Crippen molar-refractivity contribution in [3.63, 3.8) is 0 Å². The van der Waals surface area contributed by atoms with Crippen LogP contribution in [0.2, 0.25) is 0 Å². The van der Waals surface area contributed by atoms with Gasteiger partial charge in [0.05, 0.1) is 17.4 Å². The van der Waals surface area contributed by atoms with E-state index in [1.54, 1.807) is 29.8 Å². The molecule has 1 atom stereocenters. The zero-order valence-corrected chi connectivity index (χ0v) is 16.4. The number of hydrogen-bond donors (Lipinski definition) is 1. The maximum atomic E-state index is 14.0. The van der Waals surface area contributed by atoms with Gasteiger partial charge in [0.1, 0.15) is 5.82 Å². The first-order valence-electron chi connectivity index (χ1n) is 9.27. The van der Waals surface area contributed by atoms with Crippen LogP contribution in [0.15, 0.2) is 53.7 Å². The second-order valence-electron chi connectivity index (χ2n) is 6.84. The third-order valence-corrected chi connectivity index (χ3v) is 6.01. The Balaban J connectivity index is 1.41. The van der Waals surface area contributed by atoms with Gasteiger partial charge in [0, 0.05) is 7.05 Å². The Morgan fingerprint density at radius 1 is 1.21 bits per heavy atom. The number of carbonyl (C=O) groups excluding carboxylic acids is 1. The SMILES string of the molecule is Cn1c(SCC(=O)N[C@H]2CCCc3ccccc32)nnc1-c1ccccc1F. The minimum Gasteiger partial charge on any atom is -0.349 e. The Hall–Kier alpha value is -2.67. The molecule has 0 aliphatic heterocycles. The third kappa shape index (κ3) is 3.80. The number of thioether (sulfide) groups is 1. The molecule has 0 saturated carbocycles. The van der Waals surface area contributed by atoms with Gasteiger partial charge in [-0.1, -0.05) is 48.2 Å². The number of halogens is 1. The van der Waals surface area contributed by atoms with E-state index in [4.69, 9.17) is 0 Å². The van der Waals surface area contributed by atoms with Crippen molar-refractivity contribution in [2.24, 2.45) is 7.05 Å². The van der Waals surface area contributed by atoms with Gasteiger partial charge in [0.2, 0.25) is 5.91 Å². The highest BCUT2D eigenvalue weighted by Crippen LogP contribution is 2.30. The highest BCUT2D eigenvalue weighted by molar-refractivity contribution is 7.99. The number of hydrogen-bond acceptors (Lipinski definition) is 4. The maximum absolute atomic E-state index is 14.0. The van der Waals surface area contributed by atoms with Gasteiger partial charge in [-0.05, 0) is 42.5 Å². The standard InChI is InChI=1S/C21H21FN4OS/c1-26-20(16-10-4-5-11-17(16)22)24-25-21(26)28-13-19(27)23-18-12-6-8-14-7-2-3-9-15(14)18/h2-5,7,9-11,18H,6,8,12-13H2,1H3,(H,23,27)/t18-/m0/s1. The number of nitrogens with zero attached hydrogens (tertiary/aromatic N) is 3. The quantitative estimate of drug-likeness (QED) is 0.665. The molecule has 7 heteroatoms. The van der Waals surface area contributed by atoms with Crippen molar-refractivity contribution in [3.8, 4) is 11.4 Å². The highest BCUT2D eigenvalue weighted by atomic mass is 32.2. The summed E-state index contributed by atoms with van der Waals surface area (Å²) in [7, 11) is 1.78. The van der Waals surface area contributed by atoms with Gasteiger partial charge in [-0.3, -0.25) is 4.79 Å². The molecule has 1 heterocycles. The summed E-state index contributed by atoms with van der Waals surface area (Å²) in [6.07, 6.45) is 3.09. The van der Waals surface area contributed by atoms with Gasteiger partial charge < -0.3 is 9.88 Å². The average molecular weight is 396 g/mol. The second kappa shape index (κ2) is 8.14. The van der Waals surface area contributed by atoms with Gasteiger partial charge in [-0.25, -0.2) is 4.39 Å². The highest BCUT2D eigenvalue weighted by Gasteiger charge is 2.22. The molecule has 1 aliphatic rings. The summed E-state index contributed by atoms with van der Waals surface area (Å²) in [5.41, 5.74) is 2.93. The molecule has 3 aromatic rings. The molecule has 0 unspecified atom stereocenters. The second-order valence-corrected chi connectivity index (χ2v) is 7.79. The van der Waals surface area contributed by atoms with Crippen LogP contribution in [0.4, 0.5) is 4.39 Å². The van der Waals surface area contributed by atoms with Crippen LogP contribution >= 0.6 is 11.8 Å². The first-order chi connectivity index (χ1) is 13.6. The molecule has 5 nitrogen and oxygen atoms in total.